The van der Waals surface area contributed by atoms with E-state index in [1.54, 1.807) is 34.8 Å². The second-order valence-corrected chi connectivity index (χ2v) is 17.8. The molecule has 0 aromatic carbocycles. The van der Waals surface area contributed by atoms with Gasteiger partial charge in [0.15, 0.2) is 12.6 Å². The Hall–Kier alpha value is -1.81. The first-order valence-corrected chi connectivity index (χ1v) is 20.7. The van der Waals surface area contributed by atoms with Gasteiger partial charge < -0.3 is 58.1 Å². The molecule has 3 saturated heterocycles. The van der Waals surface area contributed by atoms with Gasteiger partial charge in [0.05, 0.1) is 66.7 Å². The largest absolute Gasteiger partial charge is 0.459 e. The van der Waals surface area contributed by atoms with E-state index < -0.39 is 102 Å². The fraction of sp³-hybridized carbons (Fsp3) is 0.929. The van der Waals surface area contributed by atoms with Crippen LogP contribution in [0.4, 0.5) is 0 Å². The van der Waals surface area contributed by atoms with Crippen molar-refractivity contribution >= 4 is 11.8 Å². The van der Waals surface area contributed by atoms with E-state index in [0.717, 1.165) is 0 Å². The number of hydrogen-bond donors (Lipinski definition) is 3. The molecule has 3 aliphatic rings. The highest BCUT2D eigenvalue weighted by Crippen LogP contribution is 2.42. The summed E-state index contributed by atoms with van der Waals surface area (Å²) in [7, 11) is 6.87. The summed E-state index contributed by atoms with van der Waals surface area (Å²) in [6.45, 7) is 17.8. The molecule has 18 atom stereocenters. The second-order valence-electron chi connectivity index (χ2n) is 17.8. The fourth-order valence-electron chi connectivity index (χ4n) is 9.22. The van der Waals surface area contributed by atoms with Crippen LogP contribution in [0.1, 0.15) is 108 Å². The van der Waals surface area contributed by atoms with Crippen molar-refractivity contribution in [2.75, 3.05) is 34.9 Å². The van der Waals surface area contributed by atoms with Gasteiger partial charge in [0.1, 0.15) is 29.7 Å². The maximum absolute atomic E-state index is 14.4. The topological polar surface area (TPSA) is 196 Å². The number of cyclic esters (lactones) is 1. The van der Waals surface area contributed by atoms with Gasteiger partial charge in [-0.2, -0.15) is 5.26 Å². The third kappa shape index (κ3) is 11.5. The van der Waals surface area contributed by atoms with E-state index in [4.69, 9.17) is 43.2 Å². The Morgan fingerprint density at radius 2 is 1.54 bits per heavy atom. The quantitative estimate of drug-likeness (QED) is 0.201. The molecule has 0 aromatic heterocycles. The molecule has 3 fully saturated rings. The number of methoxy groups -OCH3 is 2. The summed E-state index contributed by atoms with van der Waals surface area (Å²) in [5.74, 6) is -3.86. The van der Waals surface area contributed by atoms with Crippen molar-refractivity contribution in [1.29, 1.82) is 5.26 Å². The Morgan fingerprint density at radius 3 is 2.11 bits per heavy atom. The van der Waals surface area contributed by atoms with E-state index >= 15 is 0 Å². The Labute approximate surface area is 340 Å². The minimum absolute atomic E-state index is 0.0466. The number of likely N-dealkylation sites (N-methyl/N-ethyl adjacent to an activating group) is 1. The van der Waals surface area contributed by atoms with Crippen molar-refractivity contribution in [2.45, 2.75) is 192 Å². The number of carbonyl (C=O) groups excluding carboxylic acids is 2. The summed E-state index contributed by atoms with van der Waals surface area (Å²) in [6.07, 6.45) is -7.69. The molecule has 0 aromatic rings. The number of ether oxygens (including phenoxy) is 8. The number of nitriles is 1. The number of esters is 1. The van der Waals surface area contributed by atoms with Crippen molar-refractivity contribution in [2.24, 2.45) is 23.7 Å². The zero-order chi connectivity index (χ0) is 43.2. The minimum Gasteiger partial charge on any atom is -0.459 e. The normalized spacial score (nSPS) is 45.8. The lowest BCUT2D eigenvalue weighted by atomic mass is 9.76. The van der Waals surface area contributed by atoms with Crippen molar-refractivity contribution < 1.29 is 62.8 Å². The first-order chi connectivity index (χ1) is 26.5. The molecule has 3 rings (SSSR count). The summed E-state index contributed by atoms with van der Waals surface area (Å²) in [6, 6.07) is 1.80. The van der Waals surface area contributed by atoms with E-state index in [-0.39, 0.29) is 56.6 Å². The Bertz CT molecular complexity index is 1340. The van der Waals surface area contributed by atoms with Crippen LogP contribution in [0, 0.1) is 35.0 Å². The number of rotatable bonds is 11. The van der Waals surface area contributed by atoms with Gasteiger partial charge in [-0.1, -0.05) is 27.7 Å². The maximum Gasteiger partial charge on any atom is 0.311 e. The maximum atomic E-state index is 14.4. The number of aliphatic hydroxyl groups is 3. The van der Waals surface area contributed by atoms with Crippen LogP contribution >= 0.6 is 0 Å². The molecule has 3 aliphatic heterocycles. The molecule has 1 unspecified atom stereocenters. The molecule has 0 aliphatic carbocycles. The molecular formula is C42H74N2O13. The second kappa shape index (κ2) is 20.6. The first kappa shape index (κ1) is 49.6. The van der Waals surface area contributed by atoms with Crippen LogP contribution in [0.3, 0.4) is 0 Å². The van der Waals surface area contributed by atoms with Gasteiger partial charge in [-0.25, -0.2) is 0 Å². The molecule has 3 N–H and O–H groups in total. The number of carbonyl (C=O) groups is 2. The molecule has 0 radical (unpaired) electrons. The lowest BCUT2D eigenvalue weighted by Gasteiger charge is -2.50. The van der Waals surface area contributed by atoms with Gasteiger partial charge in [-0.15, -0.1) is 0 Å². The van der Waals surface area contributed by atoms with E-state index in [0.29, 0.717) is 6.42 Å². The van der Waals surface area contributed by atoms with Crippen molar-refractivity contribution in [3.05, 3.63) is 0 Å². The van der Waals surface area contributed by atoms with Crippen molar-refractivity contribution in [1.82, 2.24) is 4.90 Å². The highest BCUT2D eigenvalue weighted by Gasteiger charge is 2.53. The Balaban J connectivity index is 2.21. The van der Waals surface area contributed by atoms with Gasteiger partial charge in [0, 0.05) is 44.9 Å². The Kier molecular flexibility index (Phi) is 17.9. The smallest absolute Gasteiger partial charge is 0.311 e. The van der Waals surface area contributed by atoms with Crippen LogP contribution in [0.5, 0.6) is 0 Å². The molecule has 0 spiro atoms. The summed E-state index contributed by atoms with van der Waals surface area (Å²) < 4.78 is 51.0. The molecule has 15 heteroatoms. The van der Waals surface area contributed by atoms with Gasteiger partial charge in [0.2, 0.25) is 0 Å². The zero-order valence-corrected chi connectivity index (χ0v) is 36.9. The van der Waals surface area contributed by atoms with Crippen LogP contribution in [0.25, 0.3) is 0 Å². The predicted octanol–water partition coefficient (Wildman–Crippen LogP) is 3.77. The third-order valence-electron chi connectivity index (χ3n) is 12.9. The molecule has 0 bridgehead atoms. The SMILES string of the molecule is CC[C@H]1OC(=O)[C@H](C)[C@@H](O[C@H]2C[C@@](C)(OC)C(OCCC#N)[C@H](C)O2)[C@H](C)[C@@H](O[C@@H]2O[C@H](C)C[C@H](N(C)C)[C@H]2O)[C@](C)(OC)C[C@@H](C)C(=O)C[C@H](C)[C@@H](O)[C@]1(C)O. The molecule has 57 heavy (non-hydrogen) atoms. The number of nitrogens with zero attached hydrogens (tertiary/aromatic N) is 2. The van der Waals surface area contributed by atoms with Crippen LogP contribution in [-0.4, -0.2) is 151 Å². The summed E-state index contributed by atoms with van der Waals surface area (Å²) in [5, 5.41) is 44.0. The number of hydrogen-bond acceptors (Lipinski definition) is 15. The molecule has 15 nitrogen and oxygen atoms in total. The number of Topliss-reactive ketones (excluding diaryl/α,β-unsaturated/α-hetero) is 1. The highest BCUT2D eigenvalue weighted by atomic mass is 16.7. The van der Waals surface area contributed by atoms with Gasteiger partial charge >= 0.3 is 5.97 Å². The fourth-order valence-corrected chi connectivity index (χ4v) is 9.22. The minimum atomic E-state index is -1.89. The van der Waals surface area contributed by atoms with Gasteiger partial charge in [0.25, 0.3) is 0 Å². The molecule has 0 saturated carbocycles. The standard InChI is InChI=1S/C42H74N2O13/c1-15-31-42(10,49)35(47)23(2)19-30(45)24(3)21-40(8,50-13)36(57-39-33(46)29(44(11)12)20-25(4)53-39)26(5)34(27(6)38(48)55-31)56-32-22-41(9,51-14)37(28(7)54-32)52-18-16-17-43/h23-29,31-37,39,46-47,49H,15-16,18-22H2,1-14H3/t23-,24+,25+,26-,27+,28-,29-,31+,32-,33+,34-,35+,36+,37?,39-,40+,41+,42+/m0/s1. The summed E-state index contributed by atoms with van der Waals surface area (Å²) >= 11 is 0. The summed E-state index contributed by atoms with van der Waals surface area (Å²) in [4.78, 5) is 30.2. The number of aliphatic hydroxyl groups excluding tert-OH is 2. The van der Waals surface area contributed by atoms with Crippen LogP contribution in [-0.2, 0) is 47.5 Å². The average Bonchev–Trinajstić information content (AvgIpc) is 3.15. The number of ketones is 1. The lowest BCUT2D eigenvalue weighted by molar-refractivity contribution is -0.321. The molecule has 3 heterocycles. The van der Waals surface area contributed by atoms with Crippen molar-refractivity contribution in [3.63, 3.8) is 0 Å². The van der Waals surface area contributed by atoms with Crippen LogP contribution in [0.2, 0.25) is 0 Å². The summed E-state index contributed by atoms with van der Waals surface area (Å²) in [5.41, 5.74) is -4.02. The third-order valence-corrected chi connectivity index (χ3v) is 12.9. The first-order valence-electron chi connectivity index (χ1n) is 20.7. The monoisotopic (exact) mass is 815 g/mol. The van der Waals surface area contributed by atoms with Crippen molar-refractivity contribution in [3.8, 4) is 6.07 Å². The zero-order valence-electron chi connectivity index (χ0n) is 36.9. The average molecular weight is 815 g/mol. The lowest BCUT2D eigenvalue weighted by Crippen LogP contribution is -2.61. The predicted molar refractivity (Wildman–Crippen MR) is 210 cm³/mol. The van der Waals surface area contributed by atoms with Gasteiger partial charge in [-0.3, -0.25) is 9.59 Å². The van der Waals surface area contributed by atoms with Gasteiger partial charge in [-0.05, 0) is 80.8 Å². The van der Waals surface area contributed by atoms with E-state index in [9.17, 15) is 24.9 Å². The van der Waals surface area contributed by atoms with E-state index in [1.807, 2.05) is 53.6 Å². The molecular weight excluding hydrogens is 740 g/mol. The van der Waals surface area contributed by atoms with Crippen LogP contribution < -0.4 is 0 Å². The highest BCUT2D eigenvalue weighted by molar-refractivity contribution is 5.81. The van der Waals surface area contributed by atoms with Crippen LogP contribution in [0.15, 0.2) is 0 Å². The molecule has 330 valence electrons. The Morgan fingerprint density at radius 1 is 0.930 bits per heavy atom. The van der Waals surface area contributed by atoms with E-state index in [1.165, 1.54) is 14.0 Å². The molecule has 0 amide bonds. The van der Waals surface area contributed by atoms with E-state index in [2.05, 4.69) is 6.07 Å².